The van der Waals surface area contributed by atoms with Gasteiger partial charge in [-0.1, -0.05) is 0 Å². The topological polar surface area (TPSA) is 81.4 Å². The molecule has 1 saturated heterocycles. The number of rotatable bonds is 2. The monoisotopic (exact) mass is 194 g/mol. The SMILES string of the molecule is COC1CNCC(S(N)(=O)=O)C1. The first-order valence-corrected chi connectivity index (χ1v) is 5.40. The zero-order chi connectivity index (χ0) is 9.19. The number of sulfonamides is 1. The van der Waals surface area contributed by atoms with Crippen LogP contribution < -0.4 is 10.5 Å². The predicted molar refractivity (Wildman–Crippen MR) is 45.2 cm³/mol. The van der Waals surface area contributed by atoms with Gasteiger partial charge in [-0.2, -0.15) is 0 Å². The minimum atomic E-state index is -3.41. The zero-order valence-corrected chi connectivity index (χ0v) is 7.80. The summed E-state index contributed by atoms with van der Waals surface area (Å²) in [7, 11) is -1.84. The number of primary sulfonamides is 1. The van der Waals surface area contributed by atoms with Gasteiger partial charge in [0, 0.05) is 20.2 Å². The van der Waals surface area contributed by atoms with Crippen LogP contribution in [0.4, 0.5) is 0 Å². The third kappa shape index (κ3) is 2.41. The van der Waals surface area contributed by atoms with E-state index in [1.807, 2.05) is 0 Å². The first kappa shape index (κ1) is 9.91. The molecule has 0 radical (unpaired) electrons. The second-order valence-electron chi connectivity index (χ2n) is 2.96. The van der Waals surface area contributed by atoms with E-state index in [4.69, 9.17) is 9.88 Å². The van der Waals surface area contributed by atoms with Gasteiger partial charge >= 0.3 is 0 Å². The number of hydrogen-bond acceptors (Lipinski definition) is 4. The lowest BCUT2D eigenvalue weighted by atomic mass is 10.1. The maximum atomic E-state index is 10.9. The molecule has 0 amide bonds. The highest BCUT2D eigenvalue weighted by atomic mass is 32.2. The van der Waals surface area contributed by atoms with Crippen LogP contribution in [-0.2, 0) is 14.8 Å². The molecule has 6 heteroatoms. The fourth-order valence-electron chi connectivity index (χ4n) is 1.30. The molecule has 2 atom stereocenters. The lowest BCUT2D eigenvalue weighted by Gasteiger charge is -2.27. The number of methoxy groups -OCH3 is 1. The molecule has 1 aliphatic rings. The van der Waals surface area contributed by atoms with Crippen molar-refractivity contribution in [2.45, 2.75) is 17.8 Å². The van der Waals surface area contributed by atoms with Crippen molar-refractivity contribution in [2.24, 2.45) is 5.14 Å². The number of piperidine rings is 1. The number of ether oxygens (including phenoxy) is 1. The lowest BCUT2D eigenvalue weighted by Crippen LogP contribution is -2.48. The third-order valence-electron chi connectivity index (χ3n) is 2.07. The maximum Gasteiger partial charge on any atom is 0.213 e. The van der Waals surface area contributed by atoms with E-state index in [-0.39, 0.29) is 6.10 Å². The second-order valence-corrected chi connectivity index (χ2v) is 4.81. The van der Waals surface area contributed by atoms with Gasteiger partial charge in [0.25, 0.3) is 0 Å². The van der Waals surface area contributed by atoms with E-state index in [9.17, 15) is 8.42 Å². The summed E-state index contributed by atoms with van der Waals surface area (Å²) in [6.45, 7) is 1.13. The van der Waals surface area contributed by atoms with Gasteiger partial charge in [-0.25, -0.2) is 13.6 Å². The molecular formula is C6H14N2O3S. The van der Waals surface area contributed by atoms with Crippen LogP contribution in [0.3, 0.4) is 0 Å². The second kappa shape index (κ2) is 3.69. The Balaban J connectivity index is 2.58. The van der Waals surface area contributed by atoms with Gasteiger partial charge in [0.15, 0.2) is 0 Å². The van der Waals surface area contributed by atoms with Crippen LogP contribution in [0.2, 0.25) is 0 Å². The Morgan fingerprint density at radius 1 is 1.50 bits per heavy atom. The summed E-state index contributed by atoms with van der Waals surface area (Å²) in [6.07, 6.45) is 0.449. The first-order chi connectivity index (χ1) is 5.54. The van der Waals surface area contributed by atoms with Gasteiger partial charge in [-0.15, -0.1) is 0 Å². The molecule has 0 aromatic carbocycles. The molecule has 3 N–H and O–H groups in total. The highest BCUT2D eigenvalue weighted by Gasteiger charge is 2.28. The largest absolute Gasteiger partial charge is 0.380 e. The molecule has 0 spiro atoms. The fourth-order valence-corrected chi connectivity index (χ4v) is 2.13. The van der Waals surface area contributed by atoms with Crippen LogP contribution in [0.5, 0.6) is 0 Å². The highest BCUT2D eigenvalue weighted by Crippen LogP contribution is 2.11. The molecule has 72 valence electrons. The van der Waals surface area contributed by atoms with Crippen LogP contribution >= 0.6 is 0 Å². The summed E-state index contributed by atoms with van der Waals surface area (Å²) in [5.74, 6) is 0. The number of nitrogens with two attached hydrogens (primary N) is 1. The summed E-state index contributed by atoms with van der Waals surface area (Å²) in [5, 5.41) is 7.46. The van der Waals surface area contributed by atoms with E-state index in [1.54, 1.807) is 7.11 Å². The van der Waals surface area contributed by atoms with Crippen LogP contribution in [0.15, 0.2) is 0 Å². The quantitative estimate of drug-likeness (QED) is 0.569. The molecule has 12 heavy (non-hydrogen) atoms. The minimum Gasteiger partial charge on any atom is -0.380 e. The van der Waals surface area contributed by atoms with E-state index in [0.717, 1.165) is 0 Å². The van der Waals surface area contributed by atoms with Crippen molar-refractivity contribution in [2.75, 3.05) is 20.2 Å². The summed E-state index contributed by atoms with van der Waals surface area (Å²) in [5.41, 5.74) is 0. The van der Waals surface area contributed by atoms with Crippen LogP contribution in [-0.4, -0.2) is 40.0 Å². The van der Waals surface area contributed by atoms with Crippen molar-refractivity contribution in [1.82, 2.24) is 5.32 Å². The van der Waals surface area contributed by atoms with Gasteiger partial charge in [-0.3, -0.25) is 0 Å². The average Bonchev–Trinajstić information content (AvgIpc) is 2.03. The molecule has 0 bridgehead atoms. The summed E-state index contributed by atoms with van der Waals surface area (Å²) in [6, 6.07) is 0. The van der Waals surface area contributed by atoms with Gasteiger partial charge in [0.2, 0.25) is 10.0 Å². The normalized spacial score (nSPS) is 31.8. The molecular weight excluding hydrogens is 180 g/mol. The Kier molecular flexibility index (Phi) is 3.05. The first-order valence-electron chi connectivity index (χ1n) is 3.79. The Bertz CT molecular complexity index is 239. The van der Waals surface area contributed by atoms with Crippen LogP contribution in [0.25, 0.3) is 0 Å². The average molecular weight is 194 g/mol. The summed E-state index contributed by atoms with van der Waals surface area (Å²) in [4.78, 5) is 0. The molecule has 1 heterocycles. The Hall–Kier alpha value is -0.170. The van der Waals surface area contributed by atoms with E-state index >= 15 is 0 Å². The van der Waals surface area contributed by atoms with Crippen molar-refractivity contribution < 1.29 is 13.2 Å². The van der Waals surface area contributed by atoms with Crippen LogP contribution in [0, 0.1) is 0 Å². The number of nitrogens with one attached hydrogen (secondary N) is 1. The van der Waals surface area contributed by atoms with Gasteiger partial charge in [0.1, 0.15) is 0 Å². The van der Waals surface area contributed by atoms with Crippen LogP contribution in [0.1, 0.15) is 6.42 Å². The molecule has 1 rings (SSSR count). The molecule has 5 nitrogen and oxygen atoms in total. The zero-order valence-electron chi connectivity index (χ0n) is 6.99. The Morgan fingerprint density at radius 2 is 2.17 bits per heavy atom. The van der Waals surface area contributed by atoms with Crippen molar-refractivity contribution in [1.29, 1.82) is 0 Å². The van der Waals surface area contributed by atoms with Gasteiger partial charge in [-0.05, 0) is 6.42 Å². The fraction of sp³-hybridized carbons (Fsp3) is 1.00. The smallest absolute Gasteiger partial charge is 0.213 e. The van der Waals surface area contributed by atoms with E-state index in [0.29, 0.717) is 19.5 Å². The van der Waals surface area contributed by atoms with Crippen molar-refractivity contribution in [3.05, 3.63) is 0 Å². The third-order valence-corrected chi connectivity index (χ3v) is 3.36. The molecule has 0 aliphatic carbocycles. The standard InChI is InChI=1S/C6H14N2O3S/c1-11-5-2-6(4-8-3-5)12(7,9)10/h5-6,8H,2-4H2,1H3,(H2,7,9,10). The Labute approximate surface area is 72.3 Å². The summed E-state index contributed by atoms with van der Waals surface area (Å²) < 4.78 is 26.9. The van der Waals surface area contributed by atoms with Crippen molar-refractivity contribution >= 4 is 10.0 Å². The number of hydrogen-bond donors (Lipinski definition) is 2. The molecule has 1 fully saturated rings. The van der Waals surface area contributed by atoms with Crippen molar-refractivity contribution in [3.8, 4) is 0 Å². The molecule has 2 unspecified atom stereocenters. The Morgan fingerprint density at radius 3 is 2.67 bits per heavy atom. The van der Waals surface area contributed by atoms with E-state index in [1.165, 1.54) is 0 Å². The maximum absolute atomic E-state index is 10.9. The minimum absolute atomic E-state index is 0.0397. The molecule has 0 aromatic rings. The van der Waals surface area contributed by atoms with Crippen molar-refractivity contribution in [3.63, 3.8) is 0 Å². The predicted octanol–water partition coefficient (Wildman–Crippen LogP) is -1.35. The molecule has 0 aromatic heterocycles. The van der Waals surface area contributed by atoms with Gasteiger partial charge < -0.3 is 10.1 Å². The van der Waals surface area contributed by atoms with Gasteiger partial charge in [0.05, 0.1) is 11.4 Å². The molecule has 1 aliphatic heterocycles. The lowest BCUT2D eigenvalue weighted by molar-refractivity contribution is 0.0820. The van der Waals surface area contributed by atoms with E-state index in [2.05, 4.69) is 5.32 Å². The highest BCUT2D eigenvalue weighted by molar-refractivity contribution is 7.89. The van der Waals surface area contributed by atoms with E-state index < -0.39 is 15.3 Å². The molecule has 0 saturated carbocycles. The summed E-state index contributed by atoms with van der Waals surface area (Å²) >= 11 is 0.